The fourth-order valence-corrected chi connectivity index (χ4v) is 5.57. The lowest BCUT2D eigenvalue weighted by molar-refractivity contribution is -0.141. The Morgan fingerprint density at radius 3 is 2.40 bits per heavy atom. The molecule has 0 amide bonds. The van der Waals surface area contributed by atoms with Crippen molar-refractivity contribution in [1.82, 2.24) is 9.55 Å². The smallest absolute Gasteiger partial charge is 0.391 e. The van der Waals surface area contributed by atoms with Gasteiger partial charge in [0.15, 0.2) is 5.72 Å². The minimum atomic E-state index is -5.71. The first kappa shape index (κ1) is 25.2. The summed E-state index contributed by atoms with van der Waals surface area (Å²) in [7, 11) is -16.7. The van der Waals surface area contributed by atoms with Gasteiger partial charge in [0.1, 0.15) is 11.9 Å². The van der Waals surface area contributed by atoms with Gasteiger partial charge in [-0.1, -0.05) is 0 Å². The molecule has 1 aromatic rings. The highest BCUT2D eigenvalue weighted by Gasteiger charge is 2.49. The zero-order valence-corrected chi connectivity index (χ0v) is 17.4. The Balaban J connectivity index is 2.11. The number of aliphatic hydroxyl groups is 2. The van der Waals surface area contributed by atoms with Crippen molar-refractivity contribution in [2.45, 2.75) is 24.4 Å². The summed E-state index contributed by atoms with van der Waals surface area (Å²) in [5.41, 5.74) is 2.62. The van der Waals surface area contributed by atoms with Gasteiger partial charge < -0.3 is 40.3 Å². The third-order valence-corrected chi connectivity index (χ3v) is 7.46. The van der Waals surface area contributed by atoms with Crippen LogP contribution in [-0.4, -0.2) is 64.8 Å². The van der Waals surface area contributed by atoms with Crippen LogP contribution in [0, 0.1) is 0 Å². The number of phosphoric ester groups is 1. The number of hydrogen-bond acceptors (Lipinski definition) is 12. The number of nitrogen functional groups attached to an aromatic ring is 1. The van der Waals surface area contributed by atoms with Crippen molar-refractivity contribution in [3.05, 3.63) is 22.7 Å². The average molecular weight is 497 g/mol. The van der Waals surface area contributed by atoms with E-state index in [1.807, 2.05) is 0 Å². The van der Waals surface area contributed by atoms with Crippen molar-refractivity contribution in [3.8, 4) is 0 Å². The summed E-state index contributed by atoms with van der Waals surface area (Å²) in [6.45, 7) is -1.80. The van der Waals surface area contributed by atoms with Crippen LogP contribution in [0.2, 0.25) is 0 Å². The summed E-state index contributed by atoms with van der Waals surface area (Å²) < 4.78 is 51.4. The molecule has 1 saturated heterocycles. The van der Waals surface area contributed by atoms with Crippen LogP contribution in [0.25, 0.3) is 0 Å². The van der Waals surface area contributed by atoms with E-state index >= 15 is 0 Å². The van der Waals surface area contributed by atoms with Gasteiger partial charge in [0.25, 0.3) is 0 Å². The van der Waals surface area contributed by atoms with Gasteiger partial charge in [0, 0.05) is 12.6 Å². The number of rotatable bonds is 9. The maximum atomic E-state index is 12.0. The van der Waals surface area contributed by atoms with Crippen molar-refractivity contribution in [1.29, 1.82) is 0 Å². The molecule has 2 unspecified atom stereocenters. The van der Waals surface area contributed by atoms with E-state index in [0.717, 1.165) is 10.8 Å². The van der Waals surface area contributed by atoms with Gasteiger partial charge in [-0.3, -0.25) is 9.09 Å². The number of ether oxygens (including phenoxy) is 1. The van der Waals surface area contributed by atoms with Crippen LogP contribution in [0.5, 0.6) is 0 Å². The number of aliphatic hydroxyl groups excluding tert-OH is 2. The predicted molar refractivity (Wildman–Crippen MR) is 93.3 cm³/mol. The Morgan fingerprint density at radius 1 is 1.23 bits per heavy atom. The van der Waals surface area contributed by atoms with E-state index in [2.05, 4.69) is 18.1 Å². The van der Waals surface area contributed by atoms with E-state index in [1.165, 1.54) is 6.07 Å². The molecule has 0 aliphatic carbocycles. The van der Waals surface area contributed by atoms with Crippen LogP contribution in [0.1, 0.15) is 6.42 Å². The summed E-state index contributed by atoms with van der Waals surface area (Å²) in [5, 5.41) is 19.8. The van der Waals surface area contributed by atoms with Gasteiger partial charge in [0.05, 0.1) is 19.3 Å². The normalized spacial score (nSPS) is 28.7. The highest BCUT2D eigenvalue weighted by atomic mass is 31.3. The number of nitrogens with zero attached hydrogens (tertiary/aromatic N) is 2. The average Bonchev–Trinajstić information content (AvgIpc) is 2.86. The van der Waals surface area contributed by atoms with Crippen LogP contribution in [0.3, 0.4) is 0 Å². The number of nitrogens with two attached hydrogens (primary N) is 1. The van der Waals surface area contributed by atoms with Crippen molar-refractivity contribution in [2.75, 3.05) is 18.9 Å². The molecule has 30 heavy (non-hydrogen) atoms. The van der Waals surface area contributed by atoms with Gasteiger partial charge in [-0.2, -0.15) is 13.6 Å². The molecular formula is C10H18N3O14P3. The van der Waals surface area contributed by atoms with E-state index in [9.17, 15) is 33.6 Å². The first-order chi connectivity index (χ1) is 13.6. The van der Waals surface area contributed by atoms with E-state index in [0.29, 0.717) is 0 Å². The van der Waals surface area contributed by atoms with Crippen LogP contribution in [-0.2, 0) is 37.3 Å². The molecule has 1 aliphatic rings. The Morgan fingerprint density at radius 2 is 1.87 bits per heavy atom. The number of hydrogen-bond donors (Lipinski definition) is 7. The molecule has 0 bridgehead atoms. The summed E-state index contributed by atoms with van der Waals surface area (Å²) in [6.07, 6.45) is -2.17. The SMILES string of the molecule is Nc1ccn([C@@]2(CO)C[C@H](O)[C@@H](COP(=O)(O)OP(=O)(O)OP(=O)(O)O)O2)c(=O)n1. The minimum absolute atomic E-state index is 0.118. The molecule has 2 heterocycles. The molecule has 1 aliphatic heterocycles. The monoisotopic (exact) mass is 497 g/mol. The van der Waals surface area contributed by atoms with Crippen molar-refractivity contribution in [2.24, 2.45) is 0 Å². The van der Waals surface area contributed by atoms with E-state index in [1.54, 1.807) is 0 Å². The molecule has 2 rings (SSSR count). The second-order valence-corrected chi connectivity index (χ2v) is 10.3. The molecule has 1 aromatic heterocycles. The van der Waals surface area contributed by atoms with Gasteiger partial charge in [-0.25, -0.2) is 18.5 Å². The van der Waals surface area contributed by atoms with Crippen LogP contribution in [0.4, 0.5) is 5.82 Å². The first-order valence-electron chi connectivity index (χ1n) is 7.69. The third-order valence-electron chi connectivity index (χ3n) is 3.66. The van der Waals surface area contributed by atoms with Crippen molar-refractivity contribution in [3.63, 3.8) is 0 Å². The molecule has 0 aromatic carbocycles. The topological polar surface area (TPSA) is 270 Å². The fraction of sp³-hybridized carbons (Fsp3) is 0.600. The third kappa shape index (κ3) is 6.48. The van der Waals surface area contributed by atoms with E-state index < -0.39 is 60.3 Å². The number of phosphoric acid groups is 3. The lowest BCUT2D eigenvalue weighted by atomic mass is 10.1. The number of anilines is 1. The standard InChI is InChI=1S/C10H18N3O14P3/c11-8-1-2-13(9(16)12-8)10(5-14)3-6(15)7(25-10)4-24-29(20,21)27-30(22,23)26-28(17,18)19/h1-2,6-7,14-15H,3-5H2,(H,20,21)(H,22,23)(H2,11,12,16)(H2,17,18,19)/t6-,7+,10-/m0/s1. The van der Waals surface area contributed by atoms with Crippen LogP contribution >= 0.6 is 23.5 Å². The zero-order chi connectivity index (χ0) is 23.0. The van der Waals surface area contributed by atoms with Crippen molar-refractivity contribution < 1.29 is 61.4 Å². The van der Waals surface area contributed by atoms with E-state index in [-0.39, 0.29) is 12.2 Å². The second-order valence-electron chi connectivity index (χ2n) is 5.92. The first-order valence-corrected chi connectivity index (χ1v) is 12.2. The highest BCUT2D eigenvalue weighted by Crippen LogP contribution is 2.66. The summed E-state index contributed by atoms with van der Waals surface area (Å²) in [6, 6.07) is 1.22. The van der Waals surface area contributed by atoms with Crippen LogP contribution in [0.15, 0.2) is 17.1 Å². The van der Waals surface area contributed by atoms with Gasteiger partial charge in [-0.05, 0) is 6.07 Å². The van der Waals surface area contributed by atoms with Crippen molar-refractivity contribution >= 4 is 29.3 Å². The Bertz CT molecular complexity index is 978. The van der Waals surface area contributed by atoms with Crippen LogP contribution < -0.4 is 11.4 Å². The number of aromatic nitrogens is 2. The quantitative estimate of drug-likeness (QED) is 0.181. The second kappa shape index (κ2) is 8.84. The predicted octanol–water partition coefficient (Wildman–Crippen LogP) is -2.04. The summed E-state index contributed by atoms with van der Waals surface area (Å²) in [4.78, 5) is 51.0. The fourth-order valence-electron chi connectivity index (χ4n) is 2.54. The Kier molecular flexibility index (Phi) is 7.44. The molecular weight excluding hydrogens is 479 g/mol. The lowest BCUT2D eigenvalue weighted by Crippen LogP contribution is -2.45. The summed E-state index contributed by atoms with van der Waals surface area (Å²) in [5.74, 6) is -0.118. The largest absolute Gasteiger partial charge is 0.490 e. The molecule has 17 nitrogen and oxygen atoms in total. The molecule has 0 radical (unpaired) electrons. The molecule has 172 valence electrons. The van der Waals surface area contributed by atoms with Gasteiger partial charge >= 0.3 is 29.2 Å². The molecule has 0 spiro atoms. The molecule has 1 fully saturated rings. The lowest BCUT2D eigenvalue weighted by Gasteiger charge is -2.29. The molecule has 5 atom stereocenters. The maximum Gasteiger partial charge on any atom is 0.490 e. The minimum Gasteiger partial charge on any atom is -0.391 e. The molecule has 0 saturated carbocycles. The highest BCUT2D eigenvalue weighted by molar-refractivity contribution is 7.66. The zero-order valence-electron chi connectivity index (χ0n) is 14.7. The summed E-state index contributed by atoms with van der Waals surface area (Å²) >= 11 is 0. The Labute approximate surface area is 167 Å². The Hall–Kier alpha value is -1.03. The molecule has 8 N–H and O–H groups in total. The molecule has 20 heteroatoms. The maximum absolute atomic E-state index is 12.0. The van der Waals surface area contributed by atoms with Gasteiger partial charge in [-0.15, -0.1) is 0 Å². The van der Waals surface area contributed by atoms with Gasteiger partial charge in [0.2, 0.25) is 0 Å². The van der Waals surface area contributed by atoms with E-state index in [4.69, 9.17) is 25.2 Å².